The van der Waals surface area contributed by atoms with E-state index in [9.17, 15) is 0 Å². The number of ether oxygens (including phenoxy) is 1. The molecule has 2 heterocycles. The summed E-state index contributed by atoms with van der Waals surface area (Å²) in [4.78, 5) is 6.81. The van der Waals surface area contributed by atoms with Gasteiger partial charge in [-0.25, -0.2) is 4.98 Å². The molecule has 2 rings (SSSR count). The Kier molecular flexibility index (Phi) is 4.80. The summed E-state index contributed by atoms with van der Waals surface area (Å²) in [7, 11) is 2.09. The molecule has 5 heteroatoms. The van der Waals surface area contributed by atoms with E-state index in [2.05, 4.69) is 29.2 Å². The molecule has 0 aliphatic carbocycles. The van der Waals surface area contributed by atoms with Gasteiger partial charge < -0.3 is 10.1 Å². The molecular formula is C13H20ClN3O. The van der Waals surface area contributed by atoms with Crippen LogP contribution in [0.5, 0.6) is 0 Å². The van der Waals surface area contributed by atoms with E-state index in [-0.39, 0.29) is 0 Å². The van der Waals surface area contributed by atoms with Crippen LogP contribution in [0.3, 0.4) is 0 Å². The lowest BCUT2D eigenvalue weighted by Crippen LogP contribution is -2.31. The third kappa shape index (κ3) is 3.34. The number of rotatable bonds is 5. The monoisotopic (exact) mass is 269 g/mol. The third-order valence-corrected chi connectivity index (χ3v) is 3.55. The molecule has 0 saturated carbocycles. The fourth-order valence-corrected chi connectivity index (χ4v) is 2.27. The van der Waals surface area contributed by atoms with Crippen LogP contribution in [-0.2, 0) is 11.3 Å². The molecule has 1 saturated heterocycles. The second-order valence-electron chi connectivity index (χ2n) is 4.59. The molecule has 1 N–H and O–H groups in total. The Morgan fingerprint density at radius 1 is 1.56 bits per heavy atom. The Morgan fingerprint density at radius 2 is 2.39 bits per heavy atom. The molecule has 18 heavy (non-hydrogen) atoms. The van der Waals surface area contributed by atoms with Crippen molar-refractivity contribution in [2.45, 2.75) is 25.9 Å². The fourth-order valence-electron chi connectivity index (χ4n) is 2.11. The molecule has 1 aromatic heterocycles. The summed E-state index contributed by atoms with van der Waals surface area (Å²) in [6.07, 6.45) is 1.08. The molecule has 100 valence electrons. The standard InChI is InChI=1S/C13H20ClN3O/c1-3-15-13-5-4-11(14)12(16-13)8-17(2)10-6-7-18-9-10/h4-5,10H,3,6-9H2,1-2H3,(H,15,16). The van der Waals surface area contributed by atoms with E-state index in [0.29, 0.717) is 6.04 Å². The number of anilines is 1. The summed E-state index contributed by atoms with van der Waals surface area (Å²) in [5, 5.41) is 3.93. The highest BCUT2D eigenvalue weighted by atomic mass is 35.5. The molecule has 4 nitrogen and oxygen atoms in total. The molecule has 0 bridgehead atoms. The van der Waals surface area contributed by atoms with E-state index >= 15 is 0 Å². The highest BCUT2D eigenvalue weighted by molar-refractivity contribution is 6.31. The quantitative estimate of drug-likeness (QED) is 0.891. The molecular weight excluding hydrogens is 250 g/mol. The van der Waals surface area contributed by atoms with Crippen LogP contribution in [0.25, 0.3) is 0 Å². The molecule has 1 aliphatic heterocycles. The lowest BCUT2D eigenvalue weighted by atomic mass is 10.2. The Morgan fingerprint density at radius 3 is 3.06 bits per heavy atom. The van der Waals surface area contributed by atoms with Crippen molar-refractivity contribution in [3.05, 3.63) is 22.8 Å². The molecule has 0 amide bonds. The number of hydrogen-bond donors (Lipinski definition) is 1. The van der Waals surface area contributed by atoms with E-state index in [0.717, 1.165) is 49.3 Å². The van der Waals surface area contributed by atoms with Crippen molar-refractivity contribution in [1.29, 1.82) is 0 Å². The van der Waals surface area contributed by atoms with E-state index in [4.69, 9.17) is 16.3 Å². The van der Waals surface area contributed by atoms with Crippen LogP contribution in [0.2, 0.25) is 5.02 Å². The smallest absolute Gasteiger partial charge is 0.126 e. The zero-order chi connectivity index (χ0) is 13.0. The summed E-state index contributed by atoms with van der Waals surface area (Å²) in [5.41, 5.74) is 0.921. The van der Waals surface area contributed by atoms with Crippen molar-refractivity contribution >= 4 is 17.4 Å². The lowest BCUT2D eigenvalue weighted by Gasteiger charge is -2.23. The van der Waals surface area contributed by atoms with Crippen molar-refractivity contribution in [1.82, 2.24) is 9.88 Å². The molecule has 1 atom stereocenters. The van der Waals surface area contributed by atoms with Crippen LogP contribution in [0.1, 0.15) is 19.0 Å². The van der Waals surface area contributed by atoms with Crippen molar-refractivity contribution in [3.8, 4) is 0 Å². The molecule has 0 aromatic carbocycles. The number of likely N-dealkylation sites (N-methyl/N-ethyl adjacent to an activating group) is 1. The molecule has 0 radical (unpaired) electrons. The number of hydrogen-bond acceptors (Lipinski definition) is 4. The van der Waals surface area contributed by atoms with Crippen LogP contribution in [0.15, 0.2) is 12.1 Å². The van der Waals surface area contributed by atoms with Gasteiger partial charge in [0.2, 0.25) is 0 Å². The first-order valence-electron chi connectivity index (χ1n) is 6.38. The summed E-state index contributed by atoms with van der Waals surface area (Å²) in [6, 6.07) is 4.29. The summed E-state index contributed by atoms with van der Waals surface area (Å²) in [5.74, 6) is 0.882. The Bertz CT molecular complexity index is 394. The molecule has 1 aliphatic rings. The fraction of sp³-hybridized carbons (Fsp3) is 0.615. The minimum atomic E-state index is 0.477. The van der Waals surface area contributed by atoms with Crippen LogP contribution >= 0.6 is 11.6 Å². The van der Waals surface area contributed by atoms with Gasteiger partial charge in [0.05, 0.1) is 17.3 Å². The maximum atomic E-state index is 6.20. The van der Waals surface area contributed by atoms with Crippen LogP contribution in [-0.4, -0.2) is 42.7 Å². The predicted octanol–water partition coefficient (Wildman–Crippen LogP) is 2.39. The van der Waals surface area contributed by atoms with Gasteiger partial charge in [0.1, 0.15) is 5.82 Å². The van der Waals surface area contributed by atoms with Gasteiger partial charge >= 0.3 is 0 Å². The zero-order valence-corrected chi connectivity index (χ0v) is 11.7. The summed E-state index contributed by atoms with van der Waals surface area (Å²) >= 11 is 6.20. The predicted molar refractivity (Wildman–Crippen MR) is 74.1 cm³/mol. The first kappa shape index (κ1) is 13.6. The van der Waals surface area contributed by atoms with Gasteiger partial charge in [0.25, 0.3) is 0 Å². The zero-order valence-electron chi connectivity index (χ0n) is 10.9. The van der Waals surface area contributed by atoms with Gasteiger partial charge in [-0.3, -0.25) is 4.90 Å². The van der Waals surface area contributed by atoms with Gasteiger partial charge in [-0.1, -0.05) is 11.6 Å². The topological polar surface area (TPSA) is 37.4 Å². The van der Waals surface area contributed by atoms with Crippen LogP contribution in [0, 0.1) is 0 Å². The maximum absolute atomic E-state index is 6.20. The largest absolute Gasteiger partial charge is 0.380 e. The van der Waals surface area contributed by atoms with Gasteiger partial charge in [-0.2, -0.15) is 0 Å². The number of aromatic nitrogens is 1. The Labute approximate surface area is 113 Å². The minimum Gasteiger partial charge on any atom is -0.380 e. The summed E-state index contributed by atoms with van der Waals surface area (Å²) in [6.45, 7) is 5.33. The third-order valence-electron chi connectivity index (χ3n) is 3.20. The van der Waals surface area contributed by atoms with Gasteiger partial charge in [0.15, 0.2) is 0 Å². The first-order valence-corrected chi connectivity index (χ1v) is 6.75. The SMILES string of the molecule is CCNc1ccc(Cl)c(CN(C)C2CCOC2)n1. The average Bonchev–Trinajstić information content (AvgIpc) is 2.87. The normalized spacial score (nSPS) is 19.4. The molecule has 0 spiro atoms. The molecule has 1 unspecified atom stereocenters. The number of nitrogens with one attached hydrogen (secondary N) is 1. The Balaban J connectivity index is 2.04. The second-order valence-corrected chi connectivity index (χ2v) is 5.00. The van der Waals surface area contributed by atoms with Gasteiger partial charge in [-0.15, -0.1) is 0 Å². The van der Waals surface area contributed by atoms with Gasteiger partial charge in [-0.05, 0) is 32.5 Å². The lowest BCUT2D eigenvalue weighted by molar-refractivity contribution is 0.156. The second kappa shape index (κ2) is 6.36. The van der Waals surface area contributed by atoms with Crippen molar-refractivity contribution in [2.24, 2.45) is 0 Å². The number of halogens is 1. The number of pyridine rings is 1. The van der Waals surface area contributed by atoms with Crippen molar-refractivity contribution in [3.63, 3.8) is 0 Å². The first-order chi connectivity index (χ1) is 8.70. The highest BCUT2D eigenvalue weighted by Crippen LogP contribution is 2.20. The molecule has 1 fully saturated rings. The van der Waals surface area contributed by atoms with Crippen LogP contribution in [0.4, 0.5) is 5.82 Å². The maximum Gasteiger partial charge on any atom is 0.126 e. The Hall–Kier alpha value is -0.840. The summed E-state index contributed by atoms with van der Waals surface area (Å²) < 4.78 is 5.40. The van der Waals surface area contributed by atoms with E-state index in [1.54, 1.807) is 0 Å². The van der Waals surface area contributed by atoms with Gasteiger partial charge in [0, 0.05) is 25.7 Å². The van der Waals surface area contributed by atoms with Crippen molar-refractivity contribution in [2.75, 3.05) is 32.1 Å². The van der Waals surface area contributed by atoms with Crippen molar-refractivity contribution < 1.29 is 4.74 Å². The number of nitrogens with zero attached hydrogens (tertiary/aromatic N) is 2. The average molecular weight is 270 g/mol. The van der Waals surface area contributed by atoms with Crippen LogP contribution < -0.4 is 5.32 Å². The van der Waals surface area contributed by atoms with E-state index < -0.39 is 0 Å². The minimum absolute atomic E-state index is 0.477. The molecule has 1 aromatic rings. The van der Waals surface area contributed by atoms with E-state index in [1.807, 2.05) is 12.1 Å². The highest BCUT2D eigenvalue weighted by Gasteiger charge is 2.21. The van der Waals surface area contributed by atoms with E-state index in [1.165, 1.54) is 0 Å².